The van der Waals surface area contributed by atoms with E-state index in [-0.39, 0.29) is 20.4 Å². The molecule has 0 bridgehead atoms. The molecule has 0 atom stereocenters. The summed E-state index contributed by atoms with van der Waals surface area (Å²) in [7, 11) is -3.90. The van der Waals surface area contributed by atoms with E-state index in [1.54, 1.807) is 7.11 Å². The van der Waals surface area contributed by atoms with Crippen molar-refractivity contribution in [3.05, 3.63) is 40.1 Å². The normalized spacial score (nSPS) is 12.3. The molecule has 0 unspecified atom stereocenters. The number of hydrogen-bond donors (Lipinski definition) is 0. The summed E-state index contributed by atoms with van der Waals surface area (Å²) in [6.07, 6.45) is 0. The van der Waals surface area contributed by atoms with Crippen molar-refractivity contribution in [2.45, 2.75) is 12.4 Å². The standard InChI is InChI=1S/C13H12NTe.CHF3O3S/c1-9-14(2)13-11-6-4-3-5-10(11)7-8-12(13)15-9;2-1(3,4)8(5,6)7/h3-8H,1-2H3;(H,5,6,7)/q+1;/p-1. The molecule has 0 aliphatic carbocycles. The molecule has 3 rings (SSSR count). The SMILES string of the molecule is Cc1[te]c2ccc3ccccc3c2[n+]1C.O=S(=O)([O-])C(F)(F)F. The van der Waals surface area contributed by atoms with Gasteiger partial charge in [-0.1, -0.05) is 0 Å². The van der Waals surface area contributed by atoms with Gasteiger partial charge in [0, 0.05) is 0 Å². The zero-order valence-electron chi connectivity index (χ0n) is 12.1. The van der Waals surface area contributed by atoms with Crippen LogP contribution in [-0.2, 0) is 17.2 Å². The molecule has 0 spiro atoms. The van der Waals surface area contributed by atoms with Gasteiger partial charge in [0.2, 0.25) is 0 Å². The van der Waals surface area contributed by atoms with Crippen molar-refractivity contribution >= 4 is 50.2 Å². The van der Waals surface area contributed by atoms with E-state index < -0.39 is 15.6 Å². The van der Waals surface area contributed by atoms with Crippen LogP contribution >= 0.6 is 0 Å². The topological polar surface area (TPSA) is 61.1 Å². The monoisotopic (exact) mass is 461 g/mol. The fourth-order valence-corrected chi connectivity index (χ4v) is 4.98. The zero-order chi connectivity index (χ0) is 17.4. The first-order chi connectivity index (χ1) is 10.5. The van der Waals surface area contributed by atoms with Crippen LogP contribution in [0.15, 0.2) is 36.4 Å². The quantitative estimate of drug-likeness (QED) is 0.225. The van der Waals surface area contributed by atoms with Crippen molar-refractivity contribution < 1.29 is 30.7 Å². The molecule has 124 valence electrons. The first kappa shape index (κ1) is 18.2. The average Bonchev–Trinajstić information content (AvgIpc) is 2.73. The van der Waals surface area contributed by atoms with Crippen molar-refractivity contribution in [1.82, 2.24) is 0 Å². The number of hydrogen-bond acceptors (Lipinski definition) is 3. The summed E-state index contributed by atoms with van der Waals surface area (Å²) in [6.45, 7) is 2.26. The van der Waals surface area contributed by atoms with Crippen molar-refractivity contribution in [2.24, 2.45) is 7.05 Å². The Balaban J connectivity index is 0.000000207. The van der Waals surface area contributed by atoms with Gasteiger partial charge in [-0.3, -0.25) is 0 Å². The number of nitrogens with zero attached hydrogens (tertiary/aromatic N) is 1. The van der Waals surface area contributed by atoms with Gasteiger partial charge in [0.25, 0.3) is 0 Å². The molecule has 0 fully saturated rings. The number of rotatable bonds is 0. The Morgan fingerprint density at radius 3 is 2.26 bits per heavy atom. The molecule has 0 saturated carbocycles. The van der Waals surface area contributed by atoms with Crippen molar-refractivity contribution in [3.8, 4) is 0 Å². The minimum Gasteiger partial charge on any atom is -0.741 e. The minimum atomic E-state index is -6.09. The van der Waals surface area contributed by atoms with Gasteiger partial charge < -0.3 is 4.55 Å². The number of halogens is 3. The summed E-state index contributed by atoms with van der Waals surface area (Å²) in [5.41, 5.74) is -4.19. The van der Waals surface area contributed by atoms with Crippen molar-refractivity contribution in [3.63, 3.8) is 0 Å². The molecule has 9 heteroatoms. The number of alkyl halides is 3. The summed E-state index contributed by atoms with van der Waals surface area (Å²) in [5.74, 6) is 0. The second-order valence-electron chi connectivity index (χ2n) is 4.71. The molecule has 1 heterocycles. The van der Waals surface area contributed by atoms with Crippen LogP contribution in [0.25, 0.3) is 19.7 Å². The van der Waals surface area contributed by atoms with Crippen LogP contribution in [0.3, 0.4) is 0 Å². The van der Waals surface area contributed by atoms with E-state index in [1.165, 1.54) is 16.3 Å². The Bertz CT molecular complexity index is 964. The smallest absolute Gasteiger partial charge is 0.485 e. The first-order valence-corrected chi connectivity index (χ1v) is 10.1. The van der Waals surface area contributed by atoms with Gasteiger partial charge in [-0.15, -0.1) is 0 Å². The third-order valence-corrected chi connectivity index (χ3v) is 6.97. The Morgan fingerprint density at radius 1 is 1.13 bits per heavy atom. The molecule has 0 N–H and O–H groups in total. The van der Waals surface area contributed by atoms with E-state index in [1.807, 2.05) is 0 Å². The summed E-state index contributed by atoms with van der Waals surface area (Å²) in [4.78, 5) is 0. The van der Waals surface area contributed by atoms with Crippen LogP contribution in [0.2, 0.25) is 0 Å². The van der Waals surface area contributed by atoms with Crippen molar-refractivity contribution in [2.75, 3.05) is 0 Å². The molecule has 3 aromatic rings. The molecule has 0 aliphatic heterocycles. The van der Waals surface area contributed by atoms with Crippen LogP contribution in [0.1, 0.15) is 3.71 Å². The molecule has 4 nitrogen and oxygen atoms in total. The fourth-order valence-electron chi connectivity index (χ4n) is 2.05. The molecule has 0 amide bonds. The number of aryl methyl sites for hydroxylation is 2. The van der Waals surface area contributed by atoms with Crippen LogP contribution < -0.4 is 4.57 Å². The van der Waals surface area contributed by atoms with Gasteiger partial charge in [-0.05, 0) is 0 Å². The third-order valence-electron chi connectivity index (χ3n) is 3.21. The van der Waals surface area contributed by atoms with E-state index >= 15 is 0 Å². The first-order valence-electron chi connectivity index (χ1n) is 6.31. The van der Waals surface area contributed by atoms with Crippen molar-refractivity contribution in [1.29, 1.82) is 0 Å². The van der Waals surface area contributed by atoms with Crippen LogP contribution in [0, 0.1) is 6.92 Å². The van der Waals surface area contributed by atoms with Gasteiger partial charge in [-0.2, -0.15) is 13.2 Å². The van der Waals surface area contributed by atoms with E-state index in [9.17, 15) is 13.2 Å². The Morgan fingerprint density at radius 2 is 1.70 bits per heavy atom. The summed E-state index contributed by atoms with van der Waals surface area (Å²) in [6, 6.07) is 13.2. The molecular formula is C14H12F3NO3STe. The molecule has 1 aromatic heterocycles. The molecule has 23 heavy (non-hydrogen) atoms. The Kier molecular flexibility index (Phi) is 5.06. The summed E-state index contributed by atoms with van der Waals surface area (Å²) < 4.78 is 64.4. The zero-order valence-corrected chi connectivity index (χ0v) is 15.2. The number of aromatic nitrogens is 1. The Labute approximate surface area is 140 Å². The van der Waals surface area contributed by atoms with E-state index in [0.717, 1.165) is 0 Å². The maximum absolute atomic E-state index is 10.7. The largest absolute Gasteiger partial charge is 0.741 e. The minimum absolute atomic E-state index is 0.0958. The fraction of sp³-hybridized carbons (Fsp3) is 0.214. The van der Waals surface area contributed by atoms with E-state index in [4.69, 9.17) is 13.0 Å². The second kappa shape index (κ2) is 6.40. The predicted molar refractivity (Wildman–Crippen MR) is 80.1 cm³/mol. The van der Waals surface area contributed by atoms with Gasteiger partial charge in [0.15, 0.2) is 10.1 Å². The molecular weight excluding hydrogens is 447 g/mol. The summed E-state index contributed by atoms with van der Waals surface area (Å²) >= 11 is -0.0958. The van der Waals surface area contributed by atoms with E-state index in [2.05, 4.69) is 54.9 Å². The second-order valence-corrected chi connectivity index (χ2v) is 9.61. The third kappa shape index (κ3) is 3.86. The van der Waals surface area contributed by atoms with Crippen LogP contribution in [-0.4, -0.2) is 38.9 Å². The molecule has 0 aliphatic rings. The number of benzene rings is 2. The summed E-state index contributed by atoms with van der Waals surface area (Å²) in [5, 5.41) is 2.75. The van der Waals surface area contributed by atoms with Crippen LogP contribution in [0.4, 0.5) is 13.2 Å². The molecule has 0 saturated heterocycles. The average molecular weight is 459 g/mol. The van der Waals surface area contributed by atoms with Gasteiger partial charge >= 0.3 is 104 Å². The Hall–Kier alpha value is -1.14. The number of fused-ring (bicyclic) bond motifs is 3. The predicted octanol–water partition coefficient (Wildman–Crippen LogP) is 2.23. The van der Waals surface area contributed by atoms with E-state index in [0.29, 0.717) is 0 Å². The van der Waals surface area contributed by atoms with Crippen LogP contribution in [0.5, 0.6) is 0 Å². The van der Waals surface area contributed by atoms with Gasteiger partial charge in [-0.25, -0.2) is 8.42 Å². The maximum atomic E-state index is 10.7. The van der Waals surface area contributed by atoms with Gasteiger partial charge in [0.1, 0.15) is 0 Å². The molecule has 0 radical (unpaired) electrons. The maximum Gasteiger partial charge on any atom is 0.485 e. The van der Waals surface area contributed by atoms with Gasteiger partial charge in [0.05, 0.1) is 0 Å². The molecule has 2 aromatic carbocycles.